The molecule has 1 saturated carbocycles. The van der Waals surface area contributed by atoms with Crippen molar-refractivity contribution in [2.24, 2.45) is 5.41 Å². The third kappa shape index (κ3) is 3.17. The Labute approximate surface area is 118 Å². The van der Waals surface area contributed by atoms with E-state index in [4.69, 9.17) is 14.4 Å². The summed E-state index contributed by atoms with van der Waals surface area (Å²) in [6.07, 6.45) is 4.65. The van der Waals surface area contributed by atoms with Gasteiger partial charge in [0.25, 0.3) is 0 Å². The molecule has 1 heterocycles. The van der Waals surface area contributed by atoms with Gasteiger partial charge < -0.3 is 14.4 Å². The second-order valence-electron chi connectivity index (χ2n) is 6.18. The zero-order valence-corrected chi connectivity index (χ0v) is 12.3. The number of methoxy groups -OCH3 is 1. The number of hydrogen-bond acceptors (Lipinski definition) is 5. The standard InChI is InChI=1S/C14H22N2O4/c1-13(2,19-3)12-15-10(20-16-12)8-14(9-11(17)18)6-4-5-7-14/h4-9H2,1-3H3,(H,17,18). The van der Waals surface area contributed by atoms with E-state index < -0.39 is 11.6 Å². The predicted octanol–water partition coefficient (Wildman–Crippen LogP) is 2.53. The van der Waals surface area contributed by atoms with Gasteiger partial charge in [0.15, 0.2) is 0 Å². The number of aromatic nitrogens is 2. The molecule has 112 valence electrons. The summed E-state index contributed by atoms with van der Waals surface area (Å²) in [4.78, 5) is 15.4. The smallest absolute Gasteiger partial charge is 0.303 e. The number of aliphatic carboxylic acids is 1. The molecule has 0 aromatic carbocycles. The van der Waals surface area contributed by atoms with Crippen molar-refractivity contribution < 1.29 is 19.2 Å². The van der Waals surface area contributed by atoms with Crippen LogP contribution < -0.4 is 0 Å². The number of nitrogens with zero attached hydrogens (tertiary/aromatic N) is 2. The van der Waals surface area contributed by atoms with Gasteiger partial charge in [0.2, 0.25) is 11.7 Å². The Hall–Kier alpha value is -1.43. The molecule has 6 heteroatoms. The Kier molecular flexibility index (Phi) is 4.13. The third-order valence-corrected chi connectivity index (χ3v) is 4.23. The van der Waals surface area contributed by atoms with Gasteiger partial charge in [-0.1, -0.05) is 18.0 Å². The van der Waals surface area contributed by atoms with Crippen LogP contribution in [0.5, 0.6) is 0 Å². The topological polar surface area (TPSA) is 85.5 Å². The lowest BCUT2D eigenvalue weighted by molar-refractivity contribution is -0.139. The minimum Gasteiger partial charge on any atom is -0.481 e. The highest BCUT2D eigenvalue weighted by Gasteiger charge is 2.38. The number of ether oxygens (including phenoxy) is 1. The number of rotatable bonds is 6. The van der Waals surface area contributed by atoms with E-state index in [1.54, 1.807) is 7.11 Å². The van der Waals surface area contributed by atoms with E-state index >= 15 is 0 Å². The molecule has 0 amide bonds. The molecular weight excluding hydrogens is 260 g/mol. The molecule has 6 nitrogen and oxygen atoms in total. The molecule has 0 saturated heterocycles. The number of carbonyl (C=O) groups is 1. The molecule has 2 rings (SSSR count). The molecule has 0 spiro atoms. The molecule has 1 aromatic rings. The summed E-state index contributed by atoms with van der Waals surface area (Å²) < 4.78 is 10.6. The highest BCUT2D eigenvalue weighted by molar-refractivity contribution is 5.67. The molecule has 0 atom stereocenters. The maximum Gasteiger partial charge on any atom is 0.303 e. The van der Waals surface area contributed by atoms with Crippen molar-refractivity contribution in [2.45, 2.75) is 58.0 Å². The minimum absolute atomic E-state index is 0.165. The second-order valence-corrected chi connectivity index (χ2v) is 6.18. The fourth-order valence-electron chi connectivity index (χ4n) is 2.85. The maximum absolute atomic E-state index is 11.1. The Morgan fingerprint density at radius 2 is 2.10 bits per heavy atom. The lowest BCUT2D eigenvalue weighted by atomic mass is 9.79. The van der Waals surface area contributed by atoms with Crippen molar-refractivity contribution in [3.8, 4) is 0 Å². The SMILES string of the molecule is COC(C)(C)c1noc(CC2(CC(=O)O)CCCC2)n1. The Morgan fingerprint density at radius 3 is 2.65 bits per heavy atom. The van der Waals surface area contributed by atoms with Crippen molar-refractivity contribution in [3.63, 3.8) is 0 Å². The normalized spacial score (nSPS) is 18.4. The molecule has 1 aliphatic carbocycles. The molecule has 20 heavy (non-hydrogen) atoms. The van der Waals surface area contributed by atoms with Gasteiger partial charge in [0, 0.05) is 13.5 Å². The van der Waals surface area contributed by atoms with Crippen LogP contribution in [0, 0.1) is 5.41 Å². The van der Waals surface area contributed by atoms with Crippen LogP contribution in [0.15, 0.2) is 4.52 Å². The molecule has 1 fully saturated rings. The van der Waals surface area contributed by atoms with Gasteiger partial charge in [-0.15, -0.1) is 0 Å². The van der Waals surface area contributed by atoms with Gasteiger partial charge >= 0.3 is 5.97 Å². The van der Waals surface area contributed by atoms with Crippen molar-refractivity contribution in [3.05, 3.63) is 11.7 Å². The lowest BCUT2D eigenvalue weighted by Gasteiger charge is -2.24. The highest BCUT2D eigenvalue weighted by atomic mass is 16.5. The molecule has 1 aliphatic rings. The zero-order chi connectivity index (χ0) is 14.8. The largest absolute Gasteiger partial charge is 0.481 e. The van der Waals surface area contributed by atoms with Gasteiger partial charge in [-0.2, -0.15) is 4.98 Å². The summed E-state index contributed by atoms with van der Waals surface area (Å²) in [5, 5.41) is 13.1. The summed E-state index contributed by atoms with van der Waals surface area (Å²) in [6, 6.07) is 0. The van der Waals surface area contributed by atoms with Crippen molar-refractivity contribution in [1.29, 1.82) is 0 Å². The van der Waals surface area contributed by atoms with Crippen molar-refractivity contribution in [2.75, 3.05) is 7.11 Å². The summed E-state index contributed by atoms with van der Waals surface area (Å²) >= 11 is 0. The molecule has 0 aliphatic heterocycles. The van der Waals surface area contributed by atoms with E-state index in [0.29, 0.717) is 18.1 Å². The van der Waals surface area contributed by atoms with Crippen molar-refractivity contribution in [1.82, 2.24) is 10.1 Å². The van der Waals surface area contributed by atoms with Gasteiger partial charge in [-0.05, 0) is 32.1 Å². The summed E-state index contributed by atoms with van der Waals surface area (Å²) in [5.41, 5.74) is -0.829. The van der Waals surface area contributed by atoms with Gasteiger partial charge in [-0.3, -0.25) is 4.79 Å². The van der Waals surface area contributed by atoms with E-state index in [-0.39, 0.29) is 11.8 Å². The van der Waals surface area contributed by atoms with Gasteiger partial charge in [0.05, 0.1) is 6.42 Å². The molecule has 0 radical (unpaired) electrons. The monoisotopic (exact) mass is 282 g/mol. The number of carboxylic acids is 1. The predicted molar refractivity (Wildman–Crippen MR) is 71.2 cm³/mol. The lowest BCUT2D eigenvalue weighted by Crippen LogP contribution is -2.24. The second kappa shape index (κ2) is 5.52. The fourth-order valence-corrected chi connectivity index (χ4v) is 2.85. The van der Waals surface area contributed by atoms with Crippen LogP contribution in [-0.2, 0) is 21.6 Å². The first-order chi connectivity index (χ1) is 9.37. The molecule has 1 N–H and O–H groups in total. The van der Waals surface area contributed by atoms with E-state index in [0.717, 1.165) is 25.7 Å². The van der Waals surface area contributed by atoms with Crippen LogP contribution in [0.1, 0.15) is 57.7 Å². The maximum atomic E-state index is 11.1. The highest BCUT2D eigenvalue weighted by Crippen LogP contribution is 2.43. The molecular formula is C14H22N2O4. The van der Waals surface area contributed by atoms with E-state index in [1.807, 2.05) is 13.8 Å². The van der Waals surface area contributed by atoms with Crippen LogP contribution >= 0.6 is 0 Å². The van der Waals surface area contributed by atoms with Crippen LogP contribution in [0.4, 0.5) is 0 Å². The first-order valence-corrected chi connectivity index (χ1v) is 6.97. The first kappa shape index (κ1) is 15.0. The summed E-state index contributed by atoms with van der Waals surface area (Å²) in [7, 11) is 1.60. The summed E-state index contributed by atoms with van der Waals surface area (Å²) in [6.45, 7) is 3.73. The molecule has 0 bridgehead atoms. The zero-order valence-electron chi connectivity index (χ0n) is 12.3. The quantitative estimate of drug-likeness (QED) is 0.863. The number of carboxylic acid groups (broad SMARTS) is 1. The minimum atomic E-state index is -0.760. The Balaban J connectivity index is 2.14. The first-order valence-electron chi connectivity index (χ1n) is 6.97. The van der Waals surface area contributed by atoms with E-state index in [2.05, 4.69) is 10.1 Å². The van der Waals surface area contributed by atoms with Crippen LogP contribution in [0.2, 0.25) is 0 Å². The Bertz CT molecular complexity index is 475. The van der Waals surface area contributed by atoms with Gasteiger partial charge in [-0.25, -0.2) is 0 Å². The van der Waals surface area contributed by atoms with Crippen LogP contribution in [0.25, 0.3) is 0 Å². The van der Waals surface area contributed by atoms with Gasteiger partial charge in [0.1, 0.15) is 5.60 Å². The van der Waals surface area contributed by atoms with Crippen LogP contribution in [-0.4, -0.2) is 28.3 Å². The van der Waals surface area contributed by atoms with E-state index in [9.17, 15) is 4.79 Å². The Morgan fingerprint density at radius 1 is 1.45 bits per heavy atom. The fraction of sp³-hybridized carbons (Fsp3) is 0.786. The van der Waals surface area contributed by atoms with E-state index in [1.165, 1.54) is 0 Å². The summed E-state index contributed by atoms with van der Waals surface area (Å²) in [5.74, 6) is 0.246. The molecule has 0 unspecified atom stereocenters. The third-order valence-electron chi connectivity index (χ3n) is 4.23. The number of hydrogen-bond donors (Lipinski definition) is 1. The average molecular weight is 282 g/mol. The van der Waals surface area contributed by atoms with Crippen molar-refractivity contribution >= 4 is 5.97 Å². The van der Waals surface area contributed by atoms with Crippen LogP contribution in [0.3, 0.4) is 0 Å². The molecule has 1 aromatic heterocycles. The average Bonchev–Trinajstić information content (AvgIpc) is 2.99.